The second-order valence-electron chi connectivity index (χ2n) is 7.54. The van der Waals surface area contributed by atoms with Crippen molar-refractivity contribution < 1.29 is 21.6 Å². The number of hydrogen-bond acceptors (Lipinski definition) is 7. The average molecular weight is 556 g/mol. The van der Waals surface area contributed by atoms with Gasteiger partial charge in [-0.1, -0.05) is 0 Å². The van der Waals surface area contributed by atoms with E-state index in [9.17, 15) is 21.6 Å². The number of nitrogens with two attached hydrogens (primary N) is 1. The number of hydrogen-bond donors (Lipinski definition) is 2. The van der Waals surface area contributed by atoms with Crippen LogP contribution in [-0.4, -0.2) is 52.4 Å². The van der Waals surface area contributed by atoms with Crippen molar-refractivity contribution in [3.05, 3.63) is 65.6 Å². The number of halogens is 3. The molecule has 0 spiro atoms. The van der Waals surface area contributed by atoms with E-state index in [4.69, 9.17) is 5.73 Å². The summed E-state index contributed by atoms with van der Waals surface area (Å²) < 4.78 is 65.7. The van der Waals surface area contributed by atoms with Gasteiger partial charge in [-0.15, -0.1) is 0 Å². The Morgan fingerprint density at radius 1 is 1.18 bits per heavy atom. The average Bonchev–Trinajstić information content (AvgIpc) is 2.76. The molecule has 3 N–H and O–H groups in total. The van der Waals surface area contributed by atoms with Gasteiger partial charge in [0.25, 0.3) is 0 Å². The van der Waals surface area contributed by atoms with Gasteiger partial charge in [-0.3, -0.25) is 0 Å². The fraction of sp³-hybridized carbons (Fsp3) is 0.286. The third kappa shape index (κ3) is 6.46. The van der Waals surface area contributed by atoms with Crippen LogP contribution in [-0.2, 0) is 21.4 Å². The minimum absolute atomic E-state index is 0.0368. The number of nitrogens with one attached hydrogen (secondary N) is 1. The van der Waals surface area contributed by atoms with Gasteiger partial charge < -0.3 is 0 Å². The first kappa shape index (κ1) is 25.9. The second kappa shape index (κ2) is 10.3. The molecule has 0 radical (unpaired) electrons. The molecule has 2 aromatic heterocycles. The topological polar surface area (TPSA) is 114 Å². The quantitative estimate of drug-likeness (QED) is 0.410. The molecule has 0 amide bonds. The van der Waals surface area contributed by atoms with E-state index in [0.717, 1.165) is 22.3 Å². The molecule has 0 fully saturated rings. The SMILES string of the molecule is C[C@@H](N)c1ccc(Nc2ncc(C(F)(F)F)c([AsH]Cc3ncccc3N(C)S(C)(=O)=O)n2)cc1. The molecule has 0 aliphatic rings. The molecular weight excluding hydrogens is 532 g/mol. The fourth-order valence-corrected chi connectivity index (χ4v) is 6.00. The molecule has 3 aromatic rings. The zero-order valence-corrected chi connectivity index (χ0v) is 21.5. The predicted molar refractivity (Wildman–Crippen MR) is 127 cm³/mol. The van der Waals surface area contributed by atoms with Crippen molar-refractivity contribution in [1.82, 2.24) is 15.0 Å². The summed E-state index contributed by atoms with van der Waals surface area (Å²) in [7, 11) is -2.18. The van der Waals surface area contributed by atoms with Crippen LogP contribution in [0.4, 0.5) is 30.5 Å². The summed E-state index contributed by atoms with van der Waals surface area (Å²) in [5, 5.41) is 3.09. The molecule has 13 heteroatoms. The molecule has 1 aromatic carbocycles. The molecule has 0 bridgehead atoms. The second-order valence-corrected chi connectivity index (χ2v) is 12.0. The molecule has 1 unspecified atom stereocenters. The Kier molecular flexibility index (Phi) is 7.84. The van der Waals surface area contributed by atoms with Crippen molar-refractivity contribution in [2.45, 2.75) is 24.4 Å². The third-order valence-electron chi connectivity index (χ3n) is 4.91. The first-order chi connectivity index (χ1) is 15.9. The zero-order valence-electron chi connectivity index (χ0n) is 18.6. The van der Waals surface area contributed by atoms with Crippen molar-refractivity contribution in [3.8, 4) is 0 Å². The van der Waals surface area contributed by atoms with Crippen LogP contribution in [0.15, 0.2) is 48.8 Å². The summed E-state index contributed by atoms with van der Waals surface area (Å²) in [6.07, 6.45) is -1.32. The fourth-order valence-electron chi connectivity index (χ4n) is 2.98. The van der Waals surface area contributed by atoms with Crippen LogP contribution in [0.2, 0.25) is 0 Å². The van der Waals surface area contributed by atoms with Crippen molar-refractivity contribution >= 4 is 47.6 Å². The van der Waals surface area contributed by atoms with Crippen molar-refractivity contribution in [2.75, 3.05) is 22.9 Å². The van der Waals surface area contributed by atoms with E-state index in [1.807, 2.05) is 19.1 Å². The minimum atomic E-state index is -4.62. The van der Waals surface area contributed by atoms with E-state index in [2.05, 4.69) is 20.3 Å². The third-order valence-corrected chi connectivity index (χ3v) is 8.68. The van der Waals surface area contributed by atoms with Gasteiger partial charge in [-0.05, 0) is 0 Å². The molecule has 182 valence electrons. The van der Waals surface area contributed by atoms with Crippen LogP contribution in [0.1, 0.15) is 29.8 Å². The Balaban J connectivity index is 1.89. The standard InChI is InChI=1S/C21H24AsF3N6O2S/c1-13(26)14-6-8-15(9-7-14)29-20-28-12-16(21(23,24)25)19(30-20)22-11-17-18(5-4-10-27-17)31(2)34(3,32)33/h4-10,12-13,22H,11,26H2,1-3H3,(H,28,29,30)/t13-/m1/s1. The van der Waals surface area contributed by atoms with Crippen molar-refractivity contribution in [3.63, 3.8) is 0 Å². The Hall–Kier alpha value is -2.69. The van der Waals surface area contributed by atoms with Crippen LogP contribution in [0, 0.1) is 0 Å². The van der Waals surface area contributed by atoms with Crippen LogP contribution in [0.5, 0.6) is 0 Å². The van der Waals surface area contributed by atoms with E-state index in [1.54, 1.807) is 24.3 Å². The maximum atomic E-state index is 13.6. The Bertz CT molecular complexity index is 1250. The summed E-state index contributed by atoms with van der Waals surface area (Å²) in [6.45, 7) is 1.85. The number of benzene rings is 1. The summed E-state index contributed by atoms with van der Waals surface area (Å²) >= 11 is -1.50. The Labute approximate surface area is 202 Å². The van der Waals surface area contributed by atoms with E-state index >= 15 is 0 Å². The van der Waals surface area contributed by atoms with Crippen LogP contribution in [0.25, 0.3) is 0 Å². The van der Waals surface area contributed by atoms with Crippen LogP contribution < -0.4 is 19.8 Å². The van der Waals surface area contributed by atoms with Crippen LogP contribution >= 0.6 is 0 Å². The molecule has 3 rings (SSSR count). The summed E-state index contributed by atoms with van der Waals surface area (Å²) in [4.78, 5) is 12.2. The molecule has 8 nitrogen and oxygen atoms in total. The van der Waals surface area contributed by atoms with Crippen molar-refractivity contribution in [2.24, 2.45) is 5.73 Å². The van der Waals surface area contributed by atoms with Crippen molar-refractivity contribution in [1.29, 1.82) is 0 Å². The number of pyridine rings is 1. The van der Waals surface area contributed by atoms with E-state index < -0.39 is 37.5 Å². The summed E-state index contributed by atoms with van der Waals surface area (Å²) in [5.41, 5.74) is 7.17. The molecule has 2 atom stereocenters. The van der Waals surface area contributed by atoms with Gasteiger partial charge in [0.2, 0.25) is 0 Å². The number of rotatable bonds is 8. The van der Waals surface area contributed by atoms with Gasteiger partial charge in [-0.2, -0.15) is 0 Å². The van der Waals surface area contributed by atoms with Gasteiger partial charge in [-0.25, -0.2) is 0 Å². The first-order valence-electron chi connectivity index (χ1n) is 10.0. The predicted octanol–water partition coefficient (Wildman–Crippen LogP) is 2.31. The number of sulfonamides is 1. The van der Waals surface area contributed by atoms with Gasteiger partial charge in [0, 0.05) is 0 Å². The molecular formula is C21H24AsF3N6O2S. The van der Waals surface area contributed by atoms with Gasteiger partial charge in [0.05, 0.1) is 0 Å². The van der Waals surface area contributed by atoms with Gasteiger partial charge >= 0.3 is 203 Å². The number of anilines is 3. The van der Waals surface area contributed by atoms with E-state index in [1.165, 1.54) is 13.2 Å². The number of alkyl halides is 3. The summed E-state index contributed by atoms with van der Waals surface area (Å²) in [6, 6.07) is 10.1. The van der Waals surface area contributed by atoms with E-state index in [0.29, 0.717) is 17.1 Å². The molecule has 0 aliphatic heterocycles. The molecule has 2 heterocycles. The summed E-state index contributed by atoms with van der Waals surface area (Å²) in [5.74, 6) is 0.0368. The van der Waals surface area contributed by atoms with Crippen LogP contribution in [0.3, 0.4) is 0 Å². The maximum absolute atomic E-state index is 13.6. The number of nitrogens with zero attached hydrogens (tertiary/aromatic N) is 4. The Morgan fingerprint density at radius 2 is 1.85 bits per heavy atom. The molecule has 0 aliphatic carbocycles. The molecule has 34 heavy (non-hydrogen) atoms. The van der Waals surface area contributed by atoms with E-state index in [-0.39, 0.29) is 21.7 Å². The van der Waals surface area contributed by atoms with Gasteiger partial charge in [0.15, 0.2) is 0 Å². The Morgan fingerprint density at radius 3 is 2.44 bits per heavy atom. The molecule has 0 saturated carbocycles. The zero-order chi connectivity index (χ0) is 25.1. The molecule has 0 saturated heterocycles. The van der Waals surface area contributed by atoms with Gasteiger partial charge in [0.1, 0.15) is 0 Å². The monoisotopic (exact) mass is 556 g/mol. The number of aromatic nitrogens is 3. The normalized spacial score (nSPS) is 13.3. The first-order valence-corrected chi connectivity index (χ1v) is 14.4.